The van der Waals surface area contributed by atoms with Gasteiger partial charge in [-0.25, -0.2) is 0 Å². The zero-order valence-corrected chi connectivity index (χ0v) is 7.21. The predicted molar refractivity (Wildman–Crippen MR) is 39.0 cm³/mol. The number of rotatable bonds is 0. The van der Waals surface area contributed by atoms with Gasteiger partial charge in [0.05, 0.1) is 0 Å². The van der Waals surface area contributed by atoms with E-state index in [0.717, 1.165) is 0 Å². The molecule has 4 nitrogen and oxygen atoms in total. The van der Waals surface area contributed by atoms with Crippen molar-refractivity contribution in [1.82, 2.24) is 4.90 Å². The fraction of sp³-hybridized carbons (Fsp3) is 0.857. The van der Waals surface area contributed by atoms with E-state index in [9.17, 15) is 18.0 Å². The lowest BCUT2D eigenvalue weighted by atomic mass is 10.0. The van der Waals surface area contributed by atoms with Crippen molar-refractivity contribution in [3.8, 4) is 0 Å². The molecule has 0 aromatic carbocycles. The first-order valence-corrected chi connectivity index (χ1v) is 4.03. The number of halogens is 3. The number of likely N-dealkylation sites (tertiary alicyclic amines) is 1. The smallest absolute Gasteiger partial charge is 0.365 e. The van der Waals surface area contributed by atoms with Crippen molar-refractivity contribution < 1.29 is 28.2 Å². The lowest BCUT2D eigenvalue weighted by Crippen LogP contribution is -2.50. The van der Waals surface area contributed by atoms with Crippen LogP contribution in [0.25, 0.3) is 0 Å². The number of aliphatic hydroxyl groups is 2. The summed E-state index contributed by atoms with van der Waals surface area (Å²) in [6.07, 6.45) is -5.39. The molecule has 0 bridgehead atoms. The van der Waals surface area contributed by atoms with E-state index in [0.29, 0.717) is 4.90 Å². The van der Waals surface area contributed by atoms with Crippen molar-refractivity contribution in [2.45, 2.75) is 24.8 Å². The Morgan fingerprint density at radius 1 is 1.21 bits per heavy atom. The molecule has 1 heterocycles. The first kappa shape index (κ1) is 11.3. The Kier molecular flexibility index (Phi) is 2.73. The number of carbonyl (C=O) groups is 1. The van der Waals surface area contributed by atoms with Crippen LogP contribution in [0, 0.1) is 0 Å². The predicted octanol–water partition coefficient (Wildman–Crippen LogP) is -0.148. The van der Waals surface area contributed by atoms with Crippen LogP contribution in [0.3, 0.4) is 0 Å². The molecule has 0 aromatic rings. The molecule has 0 aliphatic carbocycles. The Labute approximate surface area is 77.9 Å². The van der Waals surface area contributed by atoms with Crippen LogP contribution in [0.4, 0.5) is 13.2 Å². The van der Waals surface area contributed by atoms with Gasteiger partial charge in [-0.2, -0.15) is 13.2 Å². The van der Waals surface area contributed by atoms with Crippen molar-refractivity contribution >= 4 is 5.91 Å². The summed E-state index contributed by atoms with van der Waals surface area (Å²) in [6, 6.07) is 0. The van der Waals surface area contributed by atoms with Crippen LogP contribution < -0.4 is 0 Å². The highest BCUT2D eigenvalue weighted by molar-refractivity contribution is 5.81. The fourth-order valence-corrected chi connectivity index (χ4v) is 1.25. The summed E-state index contributed by atoms with van der Waals surface area (Å²) in [7, 11) is 0. The van der Waals surface area contributed by atoms with Crippen LogP contribution in [-0.2, 0) is 4.79 Å². The molecular formula is C7H10F3NO3. The Morgan fingerprint density at radius 3 is 2.00 bits per heavy atom. The molecule has 0 atom stereocenters. The van der Waals surface area contributed by atoms with Crippen LogP contribution >= 0.6 is 0 Å². The number of carbonyl (C=O) groups excluding carboxylic acids is 1. The lowest BCUT2D eigenvalue weighted by molar-refractivity contribution is -0.207. The topological polar surface area (TPSA) is 60.8 Å². The van der Waals surface area contributed by atoms with E-state index in [1.54, 1.807) is 0 Å². The number of amides is 1. The average Bonchev–Trinajstić information content (AvgIpc) is 2.01. The summed E-state index contributed by atoms with van der Waals surface area (Å²) >= 11 is 0. The normalized spacial score (nSPS) is 22.2. The highest BCUT2D eigenvalue weighted by atomic mass is 19.4. The third-order valence-electron chi connectivity index (χ3n) is 2.09. The number of alkyl halides is 3. The molecule has 0 unspecified atom stereocenters. The van der Waals surface area contributed by atoms with Crippen LogP contribution in [0.1, 0.15) is 12.8 Å². The maximum absolute atomic E-state index is 11.9. The van der Waals surface area contributed by atoms with Gasteiger partial charge in [-0.1, -0.05) is 0 Å². The van der Waals surface area contributed by atoms with Crippen LogP contribution in [0.2, 0.25) is 0 Å². The molecule has 1 aliphatic heterocycles. The Bertz CT molecular complexity index is 229. The summed E-state index contributed by atoms with van der Waals surface area (Å²) in [5.41, 5.74) is 0. The molecule has 14 heavy (non-hydrogen) atoms. The first-order valence-electron chi connectivity index (χ1n) is 4.03. The van der Waals surface area contributed by atoms with Gasteiger partial charge in [-0.05, 0) is 0 Å². The van der Waals surface area contributed by atoms with Gasteiger partial charge < -0.3 is 15.1 Å². The summed E-state index contributed by atoms with van der Waals surface area (Å²) in [6.45, 7) is -0.573. The molecule has 2 N–H and O–H groups in total. The van der Waals surface area contributed by atoms with Gasteiger partial charge in [0.2, 0.25) is 0 Å². The Hall–Kier alpha value is -0.820. The van der Waals surface area contributed by atoms with Gasteiger partial charge >= 0.3 is 12.1 Å². The minimum absolute atomic E-state index is 0.255. The minimum atomic E-state index is -4.88. The number of nitrogens with zero attached hydrogens (tertiary/aromatic N) is 1. The summed E-state index contributed by atoms with van der Waals surface area (Å²) < 4.78 is 35.7. The maximum atomic E-state index is 11.9. The zero-order valence-electron chi connectivity index (χ0n) is 7.21. The van der Waals surface area contributed by atoms with E-state index in [2.05, 4.69) is 0 Å². The molecule has 0 saturated carbocycles. The second-order valence-electron chi connectivity index (χ2n) is 3.27. The number of hydrogen-bond donors (Lipinski definition) is 2. The second kappa shape index (κ2) is 3.39. The molecule has 1 amide bonds. The molecule has 0 radical (unpaired) electrons. The van der Waals surface area contributed by atoms with E-state index in [-0.39, 0.29) is 25.9 Å². The minimum Gasteiger partial charge on any atom is -0.365 e. The Balaban J connectivity index is 2.55. The van der Waals surface area contributed by atoms with Gasteiger partial charge in [-0.15, -0.1) is 0 Å². The largest absolute Gasteiger partial charge is 0.471 e. The first-order chi connectivity index (χ1) is 6.22. The van der Waals surface area contributed by atoms with Crippen molar-refractivity contribution in [2.24, 2.45) is 0 Å². The molecule has 1 aliphatic rings. The van der Waals surface area contributed by atoms with Crippen molar-refractivity contribution in [2.75, 3.05) is 13.1 Å². The highest BCUT2D eigenvalue weighted by Crippen LogP contribution is 2.24. The van der Waals surface area contributed by atoms with Crippen LogP contribution in [-0.4, -0.2) is 46.1 Å². The van der Waals surface area contributed by atoms with Crippen LogP contribution in [0.15, 0.2) is 0 Å². The molecular weight excluding hydrogens is 203 g/mol. The number of hydrogen-bond acceptors (Lipinski definition) is 3. The van der Waals surface area contributed by atoms with Gasteiger partial charge in [-0.3, -0.25) is 4.79 Å². The molecule has 1 rings (SSSR count). The van der Waals surface area contributed by atoms with E-state index in [1.807, 2.05) is 0 Å². The molecule has 0 spiro atoms. The molecule has 7 heteroatoms. The van der Waals surface area contributed by atoms with E-state index < -0.39 is 17.9 Å². The zero-order chi connectivity index (χ0) is 11.0. The second-order valence-corrected chi connectivity index (χ2v) is 3.27. The van der Waals surface area contributed by atoms with Gasteiger partial charge in [0.15, 0.2) is 5.79 Å². The average molecular weight is 213 g/mol. The van der Waals surface area contributed by atoms with Crippen molar-refractivity contribution in [1.29, 1.82) is 0 Å². The SMILES string of the molecule is O=C(N1CCC(O)(O)CC1)C(F)(F)F. The van der Waals surface area contributed by atoms with Gasteiger partial charge in [0.1, 0.15) is 0 Å². The van der Waals surface area contributed by atoms with E-state index >= 15 is 0 Å². The third-order valence-corrected chi connectivity index (χ3v) is 2.09. The standard InChI is InChI=1S/C7H10F3NO3/c8-7(9,10)5(12)11-3-1-6(13,14)2-4-11/h13-14H,1-4H2. The number of piperidine rings is 1. The summed E-state index contributed by atoms with van der Waals surface area (Å²) in [4.78, 5) is 11.2. The fourth-order valence-electron chi connectivity index (χ4n) is 1.25. The van der Waals surface area contributed by atoms with Crippen molar-refractivity contribution in [3.05, 3.63) is 0 Å². The summed E-state index contributed by atoms with van der Waals surface area (Å²) in [5, 5.41) is 18.0. The monoisotopic (exact) mass is 213 g/mol. The van der Waals surface area contributed by atoms with Crippen molar-refractivity contribution in [3.63, 3.8) is 0 Å². The Morgan fingerprint density at radius 2 is 1.64 bits per heavy atom. The molecule has 1 saturated heterocycles. The molecule has 0 aromatic heterocycles. The lowest BCUT2D eigenvalue weighted by Gasteiger charge is -2.34. The quantitative estimate of drug-likeness (QED) is 0.550. The highest BCUT2D eigenvalue weighted by Gasteiger charge is 2.44. The molecule has 1 fully saturated rings. The van der Waals surface area contributed by atoms with Crippen LogP contribution in [0.5, 0.6) is 0 Å². The van der Waals surface area contributed by atoms with E-state index in [4.69, 9.17) is 10.2 Å². The van der Waals surface area contributed by atoms with Gasteiger partial charge in [0, 0.05) is 25.9 Å². The summed E-state index contributed by atoms with van der Waals surface area (Å²) in [5.74, 6) is -3.87. The third kappa shape index (κ3) is 2.58. The van der Waals surface area contributed by atoms with Gasteiger partial charge in [0.25, 0.3) is 0 Å². The maximum Gasteiger partial charge on any atom is 0.471 e. The molecule has 82 valence electrons. The van der Waals surface area contributed by atoms with E-state index in [1.165, 1.54) is 0 Å².